The van der Waals surface area contributed by atoms with E-state index in [9.17, 15) is 4.79 Å². The fraction of sp³-hybridized carbons (Fsp3) is 0.133. The van der Waals surface area contributed by atoms with Crippen molar-refractivity contribution in [3.8, 4) is 0 Å². The van der Waals surface area contributed by atoms with E-state index in [1.807, 2.05) is 19.1 Å². The molecule has 0 saturated heterocycles. The molecule has 2 N–H and O–H groups in total. The van der Waals surface area contributed by atoms with Gasteiger partial charge in [0.25, 0.3) is 0 Å². The number of hydrogen-bond donors (Lipinski definition) is 2. The number of amides is 1. The monoisotopic (exact) mass is 342 g/mol. The van der Waals surface area contributed by atoms with Gasteiger partial charge < -0.3 is 10.6 Å². The molecule has 0 aliphatic heterocycles. The number of hydrogen-bond acceptors (Lipinski definition) is 2. The molecule has 21 heavy (non-hydrogen) atoms. The van der Waals surface area contributed by atoms with Gasteiger partial charge in [0, 0.05) is 26.4 Å². The molecular formula is C15H13Cl3N2O. The zero-order chi connectivity index (χ0) is 15.4. The molecule has 0 bridgehead atoms. The molecule has 0 aliphatic rings. The van der Waals surface area contributed by atoms with Crippen LogP contribution in [0.1, 0.15) is 5.56 Å². The summed E-state index contributed by atoms with van der Waals surface area (Å²) in [5.74, 6) is -0.201. The third-order valence-electron chi connectivity index (χ3n) is 2.85. The molecule has 0 heterocycles. The van der Waals surface area contributed by atoms with Gasteiger partial charge in [-0.15, -0.1) is 0 Å². The van der Waals surface area contributed by atoms with E-state index >= 15 is 0 Å². The third kappa shape index (κ3) is 4.53. The van der Waals surface area contributed by atoms with Crippen LogP contribution in [0.15, 0.2) is 36.4 Å². The maximum Gasteiger partial charge on any atom is 0.243 e. The number of anilines is 2. The summed E-state index contributed by atoms with van der Waals surface area (Å²) in [4.78, 5) is 11.9. The first-order chi connectivity index (χ1) is 9.95. The molecule has 2 aromatic carbocycles. The van der Waals surface area contributed by atoms with Gasteiger partial charge in [-0.05, 0) is 42.8 Å². The van der Waals surface area contributed by atoms with Gasteiger partial charge in [0.15, 0.2) is 0 Å². The predicted octanol–water partition coefficient (Wildman–Crippen LogP) is 5.01. The molecule has 0 radical (unpaired) electrons. The lowest BCUT2D eigenvalue weighted by molar-refractivity contribution is -0.114. The molecule has 0 atom stereocenters. The van der Waals surface area contributed by atoms with E-state index in [1.165, 1.54) is 0 Å². The van der Waals surface area contributed by atoms with Crippen LogP contribution in [0.4, 0.5) is 11.4 Å². The van der Waals surface area contributed by atoms with Crippen molar-refractivity contribution in [2.75, 3.05) is 17.2 Å². The van der Waals surface area contributed by atoms with Crippen molar-refractivity contribution in [2.45, 2.75) is 6.92 Å². The van der Waals surface area contributed by atoms with E-state index in [2.05, 4.69) is 10.6 Å². The lowest BCUT2D eigenvalue weighted by Crippen LogP contribution is -2.22. The molecular weight excluding hydrogens is 331 g/mol. The minimum Gasteiger partial charge on any atom is -0.376 e. The van der Waals surface area contributed by atoms with E-state index in [4.69, 9.17) is 34.8 Å². The summed E-state index contributed by atoms with van der Waals surface area (Å²) in [7, 11) is 0. The molecule has 0 aromatic heterocycles. The molecule has 3 nitrogen and oxygen atoms in total. The summed E-state index contributed by atoms with van der Waals surface area (Å²) < 4.78 is 0. The summed E-state index contributed by atoms with van der Waals surface area (Å²) in [6.45, 7) is 2.00. The van der Waals surface area contributed by atoms with Crippen molar-refractivity contribution in [1.82, 2.24) is 0 Å². The van der Waals surface area contributed by atoms with Crippen LogP contribution in [0, 0.1) is 6.92 Å². The van der Waals surface area contributed by atoms with E-state index in [0.29, 0.717) is 20.8 Å². The third-order valence-corrected chi connectivity index (χ3v) is 3.70. The quantitative estimate of drug-likeness (QED) is 0.819. The highest BCUT2D eigenvalue weighted by atomic mass is 35.5. The fourth-order valence-corrected chi connectivity index (χ4v) is 2.51. The van der Waals surface area contributed by atoms with Crippen molar-refractivity contribution >= 4 is 52.1 Å². The Kier molecular flexibility index (Phi) is 5.34. The number of benzene rings is 2. The Morgan fingerprint density at radius 3 is 2.43 bits per heavy atom. The maximum absolute atomic E-state index is 11.9. The summed E-state index contributed by atoms with van der Waals surface area (Å²) in [5.41, 5.74) is 2.28. The number of rotatable bonds is 4. The largest absolute Gasteiger partial charge is 0.376 e. The average molecular weight is 344 g/mol. The van der Waals surface area contributed by atoms with Crippen LogP contribution in [-0.4, -0.2) is 12.5 Å². The molecule has 110 valence electrons. The molecule has 2 rings (SSSR count). The van der Waals surface area contributed by atoms with E-state index in [0.717, 1.165) is 11.3 Å². The zero-order valence-corrected chi connectivity index (χ0v) is 13.5. The Balaban J connectivity index is 1.97. The van der Waals surface area contributed by atoms with Crippen LogP contribution >= 0.6 is 34.8 Å². The van der Waals surface area contributed by atoms with Gasteiger partial charge in [-0.2, -0.15) is 0 Å². The van der Waals surface area contributed by atoms with Crippen molar-refractivity contribution in [3.63, 3.8) is 0 Å². The Bertz CT molecular complexity index is 654. The van der Waals surface area contributed by atoms with E-state index in [1.54, 1.807) is 24.3 Å². The second-order valence-electron chi connectivity index (χ2n) is 4.47. The van der Waals surface area contributed by atoms with Crippen LogP contribution in [0.25, 0.3) is 0 Å². The number of carbonyl (C=O) groups is 1. The lowest BCUT2D eigenvalue weighted by atomic mass is 10.2. The highest BCUT2D eigenvalue weighted by molar-refractivity contribution is 6.35. The number of carbonyl (C=O) groups excluding carboxylic acids is 1. The van der Waals surface area contributed by atoms with Crippen molar-refractivity contribution in [3.05, 3.63) is 57.0 Å². The first-order valence-corrected chi connectivity index (χ1v) is 7.34. The van der Waals surface area contributed by atoms with Gasteiger partial charge in [-0.3, -0.25) is 4.79 Å². The van der Waals surface area contributed by atoms with Crippen LogP contribution in [-0.2, 0) is 4.79 Å². The summed E-state index contributed by atoms with van der Waals surface area (Å²) in [6, 6.07) is 10.4. The van der Waals surface area contributed by atoms with Crippen LogP contribution in [0.3, 0.4) is 0 Å². The lowest BCUT2D eigenvalue weighted by Gasteiger charge is -2.11. The van der Waals surface area contributed by atoms with Gasteiger partial charge in [-0.25, -0.2) is 0 Å². The normalized spacial score (nSPS) is 10.3. The standard InChI is InChI=1S/C15H13Cl3N2O/c1-9-13(18)3-2-4-14(9)19-8-15(21)20-12-6-10(16)5-11(17)7-12/h2-7,19H,8H2,1H3,(H,20,21). The van der Waals surface area contributed by atoms with Gasteiger partial charge in [0.1, 0.15) is 0 Å². The Hall–Kier alpha value is -1.42. The summed E-state index contributed by atoms with van der Waals surface area (Å²) in [5, 5.41) is 7.36. The van der Waals surface area contributed by atoms with Gasteiger partial charge in [-0.1, -0.05) is 40.9 Å². The van der Waals surface area contributed by atoms with Crippen LogP contribution in [0.5, 0.6) is 0 Å². The molecule has 0 fully saturated rings. The first kappa shape index (κ1) is 16.0. The maximum atomic E-state index is 11.9. The minimum atomic E-state index is -0.201. The van der Waals surface area contributed by atoms with Crippen molar-refractivity contribution in [1.29, 1.82) is 0 Å². The SMILES string of the molecule is Cc1c(Cl)cccc1NCC(=O)Nc1cc(Cl)cc(Cl)c1. The number of nitrogens with one attached hydrogen (secondary N) is 2. The zero-order valence-electron chi connectivity index (χ0n) is 11.2. The minimum absolute atomic E-state index is 0.116. The molecule has 0 saturated carbocycles. The van der Waals surface area contributed by atoms with E-state index < -0.39 is 0 Å². The van der Waals surface area contributed by atoms with Crippen molar-refractivity contribution in [2.24, 2.45) is 0 Å². The molecule has 6 heteroatoms. The molecule has 0 aliphatic carbocycles. The summed E-state index contributed by atoms with van der Waals surface area (Å²) >= 11 is 17.8. The average Bonchev–Trinajstić information content (AvgIpc) is 2.39. The first-order valence-electron chi connectivity index (χ1n) is 6.20. The topological polar surface area (TPSA) is 41.1 Å². The Labute approximate surface area is 138 Å². The molecule has 1 amide bonds. The highest BCUT2D eigenvalue weighted by Gasteiger charge is 2.06. The van der Waals surface area contributed by atoms with E-state index in [-0.39, 0.29) is 12.5 Å². The van der Waals surface area contributed by atoms with Crippen LogP contribution in [0.2, 0.25) is 15.1 Å². The summed E-state index contributed by atoms with van der Waals surface area (Å²) in [6.07, 6.45) is 0. The smallest absolute Gasteiger partial charge is 0.243 e. The molecule has 0 unspecified atom stereocenters. The van der Waals surface area contributed by atoms with Crippen LogP contribution < -0.4 is 10.6 Å². The van der Waals surface area contributed by atoms with Gasteiger partial charge in [0.2, 0.25) is 5.91 Å². The highest BCUT2D eigenvalue weighted by Crippen LogP contribution is 2.24. The van der Waals surface area contributed by atoms with Crippen molar-refractivity contribution < 1.29 is 4.79 Å². The Morgan fingerprint density at radius 2 is 1.76 bits per heavy atom. The number of halogens is 3. The second kappa shape index (κ2) is 7.03. The molecule has 0 spiro atoms. The fourth-order valence-electron chi connectivity index (χ4n) is 1.81. The Morgan fingerprint density at radius 1 is 1.10 bits per heavy atom. The predicted molar refractivity (Wildman–Crippen MR) is 89.8 cm³/mol. The molecule has 2 aromatic rings. The second-order valence-corrected chi connectivity index (χ2v) is 5.75. The van der Waals surface area contributed by atoms with Gasteiger partial charge >= 0.3 is 0 Å². The van der Waals surface area contributed by atoms with Gasteiger partial charge in [0.05, 0.1) is 6.54 Å².